The minimum Gasteiger partial charge on any atom is -0.397 e. The number of pyridine rings is 1. The van der Waals surface area contributed by atoms with Crippen LogP contribution in [0, 0.1) is 0 Å². The van der Waals surface area contributed by atoms with E-state index >= 15 is 0 Å². The Bertz CT molecular complexity index is 1010. The molecule has 4 heterocycles. The van der Waals surface area contributed by atoms with Gasteiger partial charge in [-0.2, -0.15) is 0 Å². The smallest absolute Gasteiger partial charge is 0.265 e. The van der Waals surface area contributed by atoms with Gasteiger partial charge in [0.2, 0.25) is 0 Å². The molecule has 0 radical (unpaired) electrons. The second-order valence-electron chi connectivity index (χ2n) is 7.71. The highest BCUT2D eigenvalue weighted by Gasteiger charge is 2.34. The maximum absolute atomic E-state index is 12.4. The number of nitrogen functional groups attached to an aromatic ring is 1. The zero-order chi connectivity index (χ0) is 19.9. The van der Waals surface area contributed by atoms with Crippen LogP contribution in [-0.2, 0) is 5.41 Å². The van der Waals surface area contributed by atoms with Crippen molar-refractivity contribution in [2.75, 3.05) is 37.8 Å². The van der Waals surface area contributed by atoms with Gasteiger partial charge in [0.25, 0.3) is 5.91 Å². The van der Waals surface area contributed by atoms with Crippen LogP contribution in [0.5, 0.6) is 0 Å². The summed E-state index contributed by atoms with van der Waals surface area (Å²) in [4.78, 5) is 30.9. The zero-order valence-electron chi connectivity index (χ0n) is 16.3. The first-order valence-corrected chi connectivity index (χ1v) is 10.1. The topological polar surface area (TPSA) is 88.2 Å². The van der Waals surface area contributed by atoms with Gasteiger partial charge in [0.1, 0.15) is 21.9 Å². The Labute approximate surface area is 168 Å². The van der Waals surface area contributed by atoms with E-state index in [4.69, 9.17) is 10.7 Å². The maximum atomic E-state index is 12.4. The Kier molecular flexibility index (Phi) is 4.66. The molecule has 1 amide bonds. The molecule has 28 heavy (non-hydrogen) atoms. The van der Waals surface area contributed by atoms with Crippen LogP contribution in [0.1, 0.15) is 35.1 Å². The molecule has 0 aromatic carbocycles. The van der Waals surface area contributed by atoms with Crippen molar-refractivity contribution in [1.82, 2.24) is 19.9 Å². The SMILES string of the molecule is CN(C)C(=O)c1sc2nc(C3(C)CCN(c4ccncn4)CC3)ccc2c1N. The van der Waals surface area contributed by atoms with E-state index in [0.717, 1.165) is 47.7 Å². The van der Waals surface area contributed by atoms with Crippen molar-refractivity contribution >= 4 is 39.0 Å². The first kappa shape index (κ1) is 18.6. The number of nitrogens with two attached hydrogens (primary N) is 1. The zero-order valence-corrected chi connectivity index (χ0v) is 17.2. The molecule has 1 aliphatic heterocycles. The van der Waals surface area contributed by atoms with E-state index in [0.29, 0.717) is 10.6 Å². The second kappa shape index (κ2) is 7.01. The van der Waals surface area contributed by atoms with Crippen LogP contribution in [0.4, 0.5) is 11.5 Å². The van der Waals surface area contributed by atoms with Crippen molar-refractivity contribution in [2.24, 2.45) is 0 Å². The molecule has 0 unspecified atom stereocenters. The third-order valence-electron chi connectivity index (χ3n) is 5.57. The minimum absolute atomic E-state index is 0.0117. The quantitative estimate of drug-likeness (QED) is 0.732. The molecule has 1 fully saturated rings. The van der Waals surface area contributed by atoms with Crippen molar-refractivity contribution in [3.8, 4) is 0 Å². The molecule has 0 bridgehead atoms. The number of hydrogen-bond acceptors (Lipinski definition) is 7. The number of aromatic nitrogens is 3. The number of fused-ring (bicyclic) bond motifs is 1. The average Bonchev–Trinajstić information content (AvgIpc) is 3.04. The number of anilines is 2. The Morgan fingerprint density at radius 1 is 1.25 bits per heavy atom. The molecule has 2 N–H and O–H groups in total. The Morgan fingerprint density at radius 3 is 2.64 bits per heavy atom. The predicted molar refractivity (Wildman–Crippen MR) is 113 cm³/mol. The summed E-state index contributed by atoms with van der Waals surface area (Å²) in [6.45, 7) is 4.11. The van der Waals surface area contributed by atoms with E-state index in [-0.39, 0.29) is 11.3 Å². The summed E-state index contributed by atoms with van der Waals surface area (Å²) in [7, 11) is 3.47. The number of amides is 1. The van der Waals surface area contributed by atoms with Crippen molar-refractivity contribution in [3.63, 3.8) is 0 Å². The second-order valence-corrected chi connectivity index (χ2v) is 8.71. The lowest BCUT2D eigenvalue weighted by molar-refractivity contribution is 0.0833. The van der Waals surface area contributed by atoms with Crippen LogP contribution < -0.4 is 10.6 Å². The molecule has 7 nitrogen and oxygen atoms in total. The van der Waals surface area contributed by atoms with Crippen LogP contribution in [0.2, 0.25) is 0 Å². The van der Waals surface area contributed by atoms with E-state index in [9.17, 15) is 4.79 Å². The summed E-state index contributed by atoms with van der Waals surface area (Å²) in [5, 5.41) is 0.862. The lowest BCUT2D eigenvalue weighted by atomic mass is 9.77. The summed E-state index contributed by atoms with van der Waals surface area (Å²) < 4.78 is 0. The summed E-state index contributed by atoms with van der Waals surface area (Å²) in [5.74, 6) is 0.893. The fourth-order valence-electron chi connectivity index (χ4n) is 3.65. The van der Waals surface area contributed by atoms with Crippen molar-refractivity contribution in [1.29, 1.82) is 0 Å². The van der Waals surface area contributed by atoms with Gasteiger partial charge in [-0.3, -0.25) is 4.79 Å². The van der Waals surface area contributed by atoms with Gasteiger partial charge in [-0.25, -0.2) is 15.0 Å². The van der Waals surface area contributed by atoms with Gasteiger partial charge in [-0.15, -0.1) is 11.3 Å². The maximum Gasteiger partial charge on any atom is 0.265 e. The van der Waals surface area contributed by atoms with Gasteiger partial charge in [0.05, 0.1) is 5.69 Å². The van der Waals surface area contributed by atoms with Gasteiger partial charge >= 0.3 is 0 Å². The molecule has 146 valence electrons. The van der Waals surface area contributed by atoms with Crippen LogP contribution in [0.3, 0.4) is 0 Å². The van der Waals surface area contributed by atoms with E-state index in [1.807, 2.05) is 12.1 Å². The van der Waals surface area contributed by atoms with E-state index in [1.54, 1.807) is 31.5 Å². The first-order chi connectivity index (χ1) is 13.4. The fraction of sp³-hybridized carbons (Fsp3) is 0.400. The monoisotopic (exact) mass is 396 g/mol. The number of carbonyl (C=O) groups is 1. The minimum atomic E-state index is -0.0774. The number of nitrogens with zero attached hydrogens (tertiary/aromatic N) is 5. The molecule has 0 saturated carbocycles. The number of rotatable bonds is 3. The van der Waals surface area contributed by atoms with Crippen molar-refractivity contribution in [3.05, 3.63) is 41.3 Å². The molecule has 4 rings (SSSR count). The molecule has 3 aromatic heterocycles. The Hall–Kier alpha value is -2.74. The third-order valence-corrected chi connectivity index (χ3v) is 6.67. The normalized spacial score (nSPS) is 16.3. The standard InChI is InChI=1S/C20H24N6OS/c1-20(7-10-26(11-8-20)15-6-9-22-12-23-15)14-5-4-13-16(21)17(19(27)25(2)3)28-18(13)24-14/h4-6,9,12H,7-8,10-11,21H2,1-3H3. The summed E-state index contributed by atoms with van der Waals surface area (Å²) >= 11 is 1.38. The molecule has 1 aliphatic rings. The number of hydrogen-bond donors (Lipinski definition) is 1. The number of carbonyl (C=O) groups excluding carboxylic acids is 1. The van der Waals surface area contributed by atoms with Crippen LogP contribution in [-0.4, -0.2) is 52.9 Å². The lowest BCUT2D eigenvalue weighted by Gasteiger charge is -2.39. The van der Waals surface area contributed by atoms with Gasteiger partial charge in [0.15, 0.2) is 0 Å². The van der Waals surface area contributed by atoms with E-state index in [1.165, 1.54) is 11.3 Å². The van der Waals surface area contributed by atoms with Crippen LogP contribution >= 0.6 is 11.3 Å². The van der Waals surface area contributed by atoms with Crippen molar-refractivity contribution in [2.45, 2.75) is 25.2 Å². The average molecular weight is 397 g/mol. The van der Waals surface area contributed by atoms with Gasteiger partial charge in [-0.1, -0.05) is 6.92 Å². The molecule has 0 atom stereocenters. The van der Waals surface area contributed by atoms with Gasteiger partial charge in [0, 0.05) is 49.9 Å². The van der Waals surface area contributed by atoms with Gasteiger partial charge in [-0.05, 0) is 31.0 Å². The third kappa shape index (κ3) is 3.17. The molecule has 0 aliphatic carbocycles. The van der Waals surface area contributed by atoms with Crippen molar-refractivity contribution < 1.29 is 4.79 Å². The van der Waals surface area contributed by atoms with Crippen LogP contribution in [0.15, 0.2) is 30.7 Å². The molecule has 0 spiro atoms. The molecular formula is C20H24N6OS. The Morgan fingerprint density at radius 2 is 2.00 bits per heavy atom. The summed E-state index contributed by atoms with van der Waals surface area (Å²) in [6, 6.07) is 6.03. The highest BCUT2D eigenvalue weighted by molar-refractivity contribution is 7.21. The fourth-order valence-corrected chi connectivity index (χ4v) is 4.77. The predicted octanol–water partition coefficient (Wildman–Crippen LogP) is 2.93. The molecule has 8 heteroatoms. The highest BCUT2D eigenvalue weighted by atomic mass is 32.1. The number of piperidine rings is 1. The van der Waals surface area contributed by atoms with E-state index < -0.39 is 0 Å². The van der Waals surface area contributed by atoms with E-state index in [2.05, 4.69) is 27.9 Å². The Balaban J connectivity index is 1.60. The summed E-state index contributed by atoms with van der Waals surface area (Å²) in [5.41, 5.74) is 7.81. The molecule has 3 aromatic rings. The van der Waals surface area contributed by atoms with Crippen LogP contribution in [0.25, 0.3) is 10.2 Å². The largest absolute Gasteiger partial charge is 0.397 e. The lowest BCUT2D eigenvalue weighted by Crippen LogP contribution is -2.41. The van der Waals surface area contributed by atoms with Gasteiger partial charge < -0.3 is 15.5 Å². The molecular weight excluding hydrogens is 372 g/mol. The molecule has 1 saturated heterocycles. The number of thiophene rings is 1. The highest BCUT2D eigenvalue weighted by Crippen LogP contribution is 2.39. The summed E-state index contributed by atoms with van der Waals surface area (Å²) in [6.07, 6.45) is 5.34. The first-order valence-electron chi connectivity index (χ1n) is 9.31.